The topological polar surface area (TPSA) is 59.4 Å². The lowest BCUT2D eigenvalue weighted by atomic mass is 9.71. The number of halogens is 1. The number of thiazole rings is 1. The lowest BCUT2D eigenvalue weighted by molar-refractivity contribution is -0.142. The van der Waals surface area contributed by atoms with E-state index in [4.69, 9.17) is 9.72 Å². The van der Waals surface area contributed by atoms with E-state index >= 15 is 0 Å². The SMILES string of the molecule is COc1ccc(CC2=C(c3ccc4sc(C5CC5)nc4c3)CC[C@@]2(C(=O)O)c2cccc(F)c2C)cc1. The van der Waals surface area contributed by atoms with Crippen LogP contribution >= 0.6 is 11.3 Å². The van der Waals surface area contributed by atoms with E-state index in [0.29, 0.717) is 36.3 Å². The third kappa shape index (κ3) is 4.04. The van der Waals surface area contributed by atoms with E-state index in [1.165, 1.54) is 23.9 Å². The van der Waals surface area contributed by atoms with Crippen molar-refractivity contribution in [3.05, 3.63) is 99.3 Å². The normalized spacial score (nSPS) is 19.5. The van der Waals surface area contributed by atoms with Gasteiger partial charge in [-0.05, 0) is 103 Å². The number of hydrogen-bond acceptors (Lipinski definition) is 4. The van der Waals surface area contributed by atoms with Gasteiger partial charge in [0.2, 0.25) is 0 Å². The highest BCUT2D eigenvalue weighted by Crippen LogP contribution is 2.52. The molecule has 1 heterocycles. The molecule has 6 rings (SSSR count). The molecule has 0 bridgehead atoms. The number of ether oxygens (including phenoxy) is 1. The lowest BCUT2D eigenvalue weighted by Gasteiger charge is -2.31. The van der Waals surface area contributed by atoms with Crippen molar-refractivity contribution in [1.82, 2.24) is 4.98 Å². The largest absolute Gasteiger partial charge is 0.497 e. The maximum Gasteiger partial charge on any atom is 0.318 e. The van der Waals surface area contributed by atoms with E-state index in [9.17, 15) is 14.3 Å². The Labute approximate surface area is 219 Å². The second-order valence-electron chi connectivity index (χ2n) is 10.1. The van der Waals surface area contributed by atoms with E-state index in [0.717, 1.165) is 38.2 Å². The van der Waals surface area contributed by atoms with Gasteiger partial charge in [0.25, 0.3) is 0 Å². The number of benzene rings is 3. The maximum absolute atomic E-state index is 14.7. The van der Waals surface area contributed by atoms with Crippen LogP contribution in [0.4, 0.5) is 4.39 Å². The van der Waals surface area contributed by atoms with Crippen molar-refractivity contribution < 1.29 is 19.0 Å². The van der Waals surface area contributed by atoms with Crippen LogP contribution in [-0.4, -0.2) is 23.2 Å². The molecule has 1 N–H and O–H groups in total. The van der Waals surface area contributed by atoms with Crippen molar-refractivity contribution in [2.75, 3.05) is 7.11 Å². The van der Waals surface area contributed by atoms with Crippen LogP contribution < -0.4 is 4.74 Å². The summed E-state index contributed by atoms with van der Waals surface area (Å²) in [5.74, 6) is 0.0143. The number of carboxylic acid groups (broad SMARTS) is 1. The van der Waals surface area contributed by atoms with Gasteiger partial charge in [-0.25, -0.2) is 9.37 Å². The zero-order chi connectivity index (χ0) is 25.7. The summed E-state index contributed by atoms with van der Waals surface area (Å²) >= 11 is 1.76. The van der Waals surface area contributed by atoms with Gasteiger partial charge in [0, 0.05) is 5.92 Å². The van der Waals surface area contributed by atoms with Crippen molar-refractivity contribution in [1.29, 1.82) is 0 Å². The summed E-state index contributed by atoms with van der Waals surface area (Å²) in [6, 6.07) is 18.8. The van der Waals surface area contributed by atoms with E-state index in [1.54, 1.807) is 37.5 Å². The first-order valence-corrected chi connectivity index (χ1v) is 13.5. The molecule has 188 valence electrons. The number of allylic oxidation sites excluding steroid dienone is 1. The predicted molar refractivity (Wildman–Crippen MR) is 145 cm³/mol. The molecule has 2 aliphatic carbocycles. The molecule has 6 heteroatoms. The number of fused-ring (bicyclic) bond motifs is 1. The molecule has 4 aromatic rings. The van der Waals surface area contributed by atoms with Crippen LogP contribution in [0.1, 0.15) is 58.9 Å². The van der Waals surface area contributed by atoms with Crippen molar-refractivity contribution in [2.45, 2.75) is 50.4 Å². The number of aromatic nitrogens is 1. The smallest absolute Gasteiger partial charge is 0.318 e. The van der Waals surface area contributed by atoms with Gasteiger partial charge >= 0.3 is 5.97 Å². The number of carboxylic acids is 1. The van der Waals surface area contributed by atoms with E-state index in [1.807, 2.05) is 24.3 Å². The van der Waals surface area contributed by atoms with Gasteiger partial charge in [0.05, 0.1) is 22.3 Å². The van der Waals surface area contributed by atoms with Crippen molar-refractivity contribution in [2.24, 2.45) is 0 Å². The summed E-state index contributed by atoms with van der Waals surface area (Å²) in [7, 11) is 1.62. The Balaban J connectivity index is 1.54. The van der Waals surface area contributed by atoms with Crippen LogP contribution in [0.15, 0.2) is 66.2 Å². The zero-order valence-electron chi connectivity index (χ0n) is 20.9. The third-order valence-corrected chi connectivity index (χ3v) is 9.14. The van der Waals surface area contributed by atoms with Crippen LogP contribution in [0.5, 0.6) is 5.75 Å². The predicted octanol–water partition coefficient (Wildman–Crippen LogP) is 7.44. The monoisotopic (exact) mass is 513 g/mol. The zero-order valence-corrected chi connectivity index (χ0v) is 21.7. The molecule has 1 fully saturated rings. The van der Waals surface area contributed by atoms with Gasteiger partial charge in [-0.15, -0.1) is 11.3 Å². The minimum Gasteiger partial charge on any atom is -0.497 e. The fourth-order valence-electron chi connectivity index (χ4n) is 5.75. The average molecular weight is 514 g/mol. The van der Waals surface area contributed by atoms with Gasteiger partial charge in [0.15, 0.2) is 0 Å². The van der Waals surface area contributed by atoms with Gasteiger partial charge < -0.3 is 9.84 Å². The first-order chi connectivity index (χ1) is 17.9. The van der Waals surface area contributed by atoms with Crippen molar-refractivity contribution >= 4 is 33.1 Å². The molecule has 0 aliphatic heterocycles. The highest BCUT2D eigenvalue weighted by Gasteiger charge is 2.49. The average Bonchev–Trinajstić information content (AvgIpc) is 3.56. The first kappa shape index (κ1) is 23.9. The molecule has 37 heavy (non-hydrogen) atoms. The van der Waals surface area contributed by atoms with Crippen molar-refractivity contribution in [3.8, 4) is 5.75 Å². The Hall–Kier alpha value is -3.51. The van der Waals surface area contributed by atoms with Gasteiger partial charge in [-0.2, -0.15) is 0 Å². The standard InChI is InChI=1S/C31H28FNO3S/c1-18-24(4-3-5-26(18)32)31(30(34)35)15-14-23(25(31)16-19-6-11-22(36-2)12-7-19)21-10-13-28-27(17-21)33-29(37-28)20-8-9-20/h3-7,10-13,17,20H,8-9,14-16H2,1-2H3,(H,34,35)/t31-/m1/s1. The number of aliphatic carboxylic acids is 1. The number of rotatable bonds is 7. The van der Waals surface area contributed by atoms with E-state index < -0.39 is 11.4 Å². The first-order valence-electron chi connectivity index (χ1n) is 12.7. The maximum atomic E-state index is 14.7. The molecule has 1 atom stereocenters. The molecule has 2 aliphatic rings. The number of nitrogens with zero attached hydrogens (tertiary/aromatic N) is 1. The molecule has 1 saturated carbocycles. The molecule has 0 saturated heterocycles. The van der Waals surface area contributed by atoms with Gasteiger partial charge in [-0.3, -0.25) is 4.79 Å². The molecule has 3 aromatic carbocycles. The van der Waals surface area contributed by atoms with Crippen LogP contribution in [0, 0.1) is 12.7 Å². The Bertz CT molecular complexity index is 1550. The third-order valence-electron chi connectivity index (χ3n) is 7.94. The highest BCUT2D eigenvalue weighted by molar-refractivity contribution is 7.18. The molecule has 0 amide bonds. The Morgan fingerprint density at radius 2 is 1.95 bits per heavy atom. The minimum atomic E-state index is -1.31. The van der Waals surface area contributed by atoms with Crippen LogP contribution in [-0.2, 0) is 16.6 Å². The summed E-state index contributed by atoms with van der Waals surface area (Å²) in [4.78, 5) is 18.1. The fraction of sp³-hybridized carbons (Fsp3) is 0.290. The molecule has 4 nitrogen and oxygen atoms in total. The fourth-order valence-corrected chi connectivity index (χ4v) is 6.87. The number of hydrogen-bond donors (Lipinski definition) is 1. The molecular formula is C31H28FNO3S. The van der Waals surface area contributed by atoms with Gasteiger partial charge in [0.1, 0.15) is 17.0 Å². The summed E-state index contributed by atoms with van der Waals surface area (Å²) in [6.07, 6.45) is 3.84. The van der Waals surface area contributed by atoms with Crippen molar-refractivity contribution in [3.63, 3.8) is 0 Å². The van der Waals surface area contributed by atoms with Crippen LogP contribution in [0.2, 0.25) is 0 Å². The number of carbonyl (C=O) groups is 1. The Kier molecular flexibility index (Phi) is 5.87. The molecule has 0 radical (unpaired) electrons. The summed E-state index contributed by atoms with van der Waals surface area (Å²) in [5.41, 5.74) is 4.40. The summed E-state index contributed by atoms with van der Waals surface area (Å²) in [5, 5.41) is 12.0. The highest BCUT2D eigenvalue weighted by atomic mass is 32.1. The van der Waals surface area contributed by atoms with Crippen LogP contribution in [0.25, 0.3) is 15.8 Å². The summed E-state index contributed by atoms with van der Waals surface area (Å²) in [6.45, 7) is 1.68. The van der Waals surface area contributed by atoms with Crippen LogP contribution in [0.3, 0.4) is 0 Å². The minimum absolute atomic E-state index is 0.383. The Morgan fingerprint density at radius 1 is 1.16 bits per heavy atom. The quantitative estimate of drug-likeness (QED) is 0.279. The lowest BCUT2D eigenvalue weighted by Crippen LogP contribution is -2.37. The van der Waals surface area contributed by atoms with E-state index in [-0.39, 0.29) is 5.82 Å². The second-order valence-corrected chi connectivity index (χ2v) is 11.2. The molecular weight excluding hydrogens is 485 g/mol. The number of methoxy groups -OCH3 is 1. The molecule has 0 unspecified atom stereocenters. The summed E-state index contributed by atoms with van der Waals surface area (Å²) < 4.78 is 21.2. The molecule has 0 spiro atoms. The molecule has 1 aromatic heterocycles. The van der Waals surface area contributed by atoms with Gasteiger partial charge in [-0.1, -0.05) is 30.3 Å². The second kappa shape index (κ2) is 9.10. The Morgan fingerprint density at radius 3 is 2.65 bits per heavy atom. The van der Waals surface area contributed by atoms with E-state index in [2.05, 4.69) is 18.2 Å².